The molecule has 0 bridgehead atoms. The van der Waals surface area contributed by atoms with Crippen LogP contribution in [0.4, 0.5) is 0 Å². The number of carbonyl (C=O) groups is 1. The second-order valence-electron chi connectivity index (χ2n) is 2.03. The maximum atomic E-state index is 10.1. The third-order valence-electron chi connectivity index (χ3n) is 1.21. The Bertz CT molecular complexity index is 199. The molecular weight excluding hydrogens is 172 g/mol. The van der Waals surface area contributed by atoms with Crippen LogP contribution in [-0.4, -0.2) is 6.29 Å². The summed E-state index contributed by atoms with van der Waals surface area (Å²) in [4.78, 5) is 10.1. The van der Waals surface area contributed by atoms with E-state index in [9.17, 15) is 4.79 Å². The summed E-state index contributed by atoms with van der Waals surface area (Å²) in [6.07, 6.45) is 0.847. The fourth-order valence-electron chi connectivity index (χ4n) is 0.645. The molecule has 0 radical (unpaired) electrons. The highest BCUT2D eigenvalue weighted by molar-refractivity contribution is 5.74. The molecule has 0 fully saturated rings. The SMILES string of the molecule is C.CC.CC.Cc1ccc(C=O)cc1. The topological polar surface area (TPSA) is 17.1 Å². The molecule has 0 aliphatic rings. The predicted molar refractivity (Wildman–Crippen MR) is 66.0 cm³/mol. The van der Waals surface area contributed by atoms with Gasteiger partial charge in [-0.15, -0.1) is 0 Å². The second kappa shape index (κ2) is 14.4. The smallest absolute Gasteiger partial charge is 0.150 e. The standard InChI is InChI=1S/C8H8O.2C2H6.CH4/c1-7-2-4-8(6-9)5-3-7;2*1-2;/h2-6H,1H3;2*1-2H3;1H4. The van der Waals surface area contributed by atoms with Crippen LogP contribution in [0.25, 0.3) is 0 Å². The third kappa shape index (κ3) is 8.98. The van der Waals surface area contributed by atoms with Crippen molar-refractivity contribution in [1.29, 1.82) is 0 Å². The maximum absolute atomic E-state index is 10.1. The van der Waals surface area contributed by atoms with Gasteiger partial charge in [-0.2, -0.15) is 0 Å². The number of aldehydes is 1. The third-order valence-corrected chi connectivity index (χ3v) is 1.21. The molecule has 0 saturated heterocycles. The summed E-state index contributed by atoms with van der Waals surface area (Å²) in [5, 5.41) is 0. The number of hydrogen-bond donors (Lipinski definition) is 0. The van der Waals surface area contributed by atoms with Crippen molar-refractivity contribution < 1.29 is 4.79 Å². The van der Waals surface area contributed by atoms with E-state index in [1.807, 2.05) is 58.9 Å². The molecule has 1 rings (SSSR count). The van der Waals surface area contributed by atoms with Crippen molar-refractivity contribution in [3.63, 3.8) is 0 Å². The van der Waals surface area contributed by atoms with Crippen molar-refractivity contribution >= 4 is 6.29 Å². The number of carbonyl (C=O) groups excluding carboxylic acids is 1. The van der Waals surface area contributed by atoms with Gasteiger partial charge in [0.15, 0.2) is 0 Å². The Balaban J connectivity index is -0.000000216. The van der Waals surface area contributed by atoms with Crippen molar-refractivity contribution in [2.45, 2.75) is 42.0 Å². The van der Waals surface area contributed by atoms with Crippen molar-refractivity contribution in [3.05, 3.63) is 35.4 Å². The van der Waals surface area contributed by atoms with Crippen LogP contribution in [0.15, 0.2) is 24.3 Å². The Morgan fingerprint density at radius 2 is 1.29 bits per heavy atom. The quantitative estimate of drug-likeness (QED) is 0.604. The first kappa shape index (κ1) is 18.6. The normalized spacial score (nSPS) is 6.64. The van der Waals surface area contributed by atoms with Crippen LogP contribution in [0.1, 0.15) is 51.0 Å². The molecule has 0 aliphatic heterocycles. The number of hydrogen-bond acceptors (Lipinski definition) is 1. The fourth-order valence-corrected chi connectivity index (χ4v) is 0.645. The van der Waals surface area contributed by atoms with Crippen LogP contribution in [0.2, 0.25) is 0 Å². The average Bonchev–Trinajstić information content (AvgIpc) is 2.25. The lowest BCUT2D eigenvalue weighted by atomic mass is 10.2. The lowest BCUT2D eigenvalue weighted by Gasteiger charge is -1.89. The minimum absolute atomic E-state index is 0. The Morgan fingerprint density at radius 1 is 0.929 bits per heavy atom. The Hall–Kier alpha value is -1.11. The number of rotatable bonds is 1. The zero-order valence-corrected chi connectivity index (χ0v) is 9.29. The van der Waals surface area contributed by atoms with E-state index in [1.54, 1.807) is 0 Å². The van der Waals surface area contributed by atoms with Crippen LogP contribution in [0.5, 0.6) is 0 Å². The minimum atomic E-state index is 0. The van der Waals surface area contributed by atoms with Gasteiger partial charge in [0.25, 0.3) is 0 Å². The first-order valence-corrected chi connectivity index (χ1v) is 4.85. The Morgan fingerprint density at radius 3 is 1.57 bits per heavy atom. The van der Waals surface area contributed by atoms with Crippen molar-refractivity contribution in [2.24, 2.45) is 0 Å². The maximum Gasteiger partial charge on any atom is 0.150 e. The molecule has 1 heteroatoms. The lowest BCUT2D eigenvalue weighted by Crippen LogP contribution is -1.77. The monoisotopic (exact) mass is 196 g/mol. The Labute approximate surface area is 89.2 Å². The van der Waals surface area contributed by atoms with Crippen molar-refractivity contribution in [1.82, 2.24) is 0 Å². The fraction of sp³-hybridized carbons (Fsp3) is 0.462. The molecule has 0 N–H and O–H groups in total. The highest BCUT2D eigenvalue weighted by Gasteiger charge is 1.85. The summed E-state index contributed by atoms with van der Waals surface area (Å²) in [5.41, 5.74) is 1.92. The molecule has 0 heterocycles. The van der Waals surface area contributed by atoms with E-state index in [4.69, 9.17) is 0 Å². The van der Waals surface area contributed by atoms with Crippen LogP contribution in [-0.2, 0) is 0 Å². The van der Waals surface area contributed by atoms with Gasteiger partial charge in [0, 0.05) is 5.56 Å². The summed E-state index contributed by atoms with van der Waals surface area (Å²) < 4.78 is 0. The summed E-state index contributed by atoms with van der Waals surface area (Å²) in [6, 6.07) is 7.46. The van der Waals surface area contributed by atoms with Crippen LogP contribution in [0, 0.1) is 6.92 Å². The molecule has 0 aromatic heterocycles. The van der Waals surface area contributed by atoms with Gasteiger partial charge in [-0.3, -0.25) is 4.79 Å². The molecule has 0 amide bonds. The van der Waals surface area contributed by atoms with E-state index >= 15 is 0 Å². The van der Waals surface area contributed by atoms with Gasteiger partial charge in [0.05, 0.1) is 0 Å². The highest BCUT2D eigenvalue weighted by Crippen LogP contribution is 1.98. The molecular formula is C13H24O. The predicted octanol–water partition coefficient (Wildman–Crippen LogP) is 4.50. The minimum Gasteiger partial charge on any atom is -0.298 e. The van der Waals surface area contributed by atoms with Crippen molar-refractivity contribution in [3.8, 4) is 0 Å². The first-order chi connectivity index (χ1) is 6.33. The molecule has 0 aliphatic carbocycles. The summed E-state index contributed by atoms with van der Waals surface area (Å²) >= 11 is 0. The number of benzene rings is 1. The van der Waals surface area contributed by atoms with E-state index in [-0.39, 0.29) is 7.43 Å². The van der Waals surface area contributed by atoms with Gasteiger partial charge in [-0.05, 0) is 6.92 Å². The molecule has 0 atom stereocenters. The average molecular weight is 196 g/mol. The van der Waals surface area contributed by atoms with Crippen LogP contribution < -0.4 is 0 Å². The first-order valence-electron chi connectivity index (χ1n) is 4.85. The van der Waals surface area contributed by atoms with E-state index in [0.29, 0.717) is 0 Å². The molecule has 0 unspecified atom stereocenters. The van der Waals surface area contributed by atoms with Crippen LogP contribution in [0.3, 0.4) is 0 Å². The summed E-state index contributed by atoms with van der Waals surface area (Å²) in [5.74, 6) is 0. The summed E-state index contributed by atoms with van der Waals surface area (Å²) in [6.45, 7) is 9.99. The molecule has 1 aromatic carbocycles. The largest absolute Gasteiger partial charge is 0.298 e. The summed E-state index contributed by atoms with van der Waals surface area (Å²) in [7, 11) is 0. The van der Waals surface area contributed by atoms with E-state index in [1.165, 1.54) is 5.56 Å². The molecule has 0 spiro atoms. The molecule has 0 saturated carbocycles. The van der Waals surface area contributed by atoms with Gasteiger partial charge in [-0.1, -0.05) is 65.0 Å². The molecule has 82 valence electrons. The molecule has 1 nitrogen and oxygen atoms in total. The van der Waals surface area contributed by atoms with E-state index in [0.717, 1.165) is 11.8 Å². The molecule has 1 aromatic rings. The second-order valence-corrected chi connectivity index (χ2v) is 2.03. The molecule has 14 heavy (non-hydrogen) atoms. The van der Waals surface area contributed by atoms with Gasteiger partial charge in [-0.25, -0.2) is 0 Å². The zero-order chi connectivity index (χ0) is 10.7. The van der Waals surface area contributed by atoms with Crippen molar-refractivity contribution in [2.75, 3.05) is 0 Å². The van der Waals surface area contributed by atoms with Gasteiger partial charge >= 0.3 is 0 Å². The van der Waals surface area contributed by atoms with Gasteiger partial charge in [0.2, 0.25) is 0 Å². The highest BCUT2D eigenvalue weighted by atomic mass is 16.1. The zero-order valence-electron chi connectivity index (χ0n) is 9.29. The van der Waals surface area contributed by atoms with E-state index in [2.05, 4.69) is 0 Å². The number of aryl methyl sites for hydroxylation is 1. The van der Waals surface area contributed by atoms with Gasteiger partial charge in [0.1, 0.15) is 6.29 Å². The van der Waals surface area contributed by atoms with E-state index < -0.39 is 0 Å². The van der Waals surface area contributed by atoms with Gasteiger partial charge < -0.3 is 0 Å². The lowest BCUT2D eigenvalue weighted by molar-refractivity contribution is 0.112. The Kier molecular flexibility index (Phi) is 19.2. The van der Waals surface area contributed by atoms with Crippen LogP contribution >= 0.6 is 0 Å².